The van der Waals surface area contributed by atoms with Gasteiger partial charge in [-0.2, -0.15) is 8.42 Å². The molecule has 2 heterocycles. The van der Waals surface area contributed by atoms with Crippen LogP contribution in [0.1, 0.15) is 40.8 Å². The summed E-state index contributed by atoms with van der Waals surface area (Å²) in [5.41, 5.74) is 8.04. The Bertz CT molecular complexity index is 1270. The summed E-state index contributed by atoms with van der Waals surface area (Å²) in [5, 5.41) is 0. The molecule has 1 saturated heterocycles. The molecule has 164 valence electrons. The summed E-state index contributed by atoms with van der Waals surface area (Å²) in [6, 6.07) is 19.6. The van der Waals surface area contributed by atoms with Gasteiger partial charge >= 0.3 is 0 Å². The topological polar surface area (TPSA) is 70.5 Å². The molecule has 3 aromatic rings. The zero-order chi connectivity index (χ0) is 22.1. The molecule has 0 saturated carbocycles. The molecule has 0 bridgehead atoms. The van der Waals surface area contributed by atoms with E-state index in [2.05, 4.69) is 35.2 Å². The van der Waals surface area contributed by atoms with E-state index in [1.807, 2.05) is 24.4 Å². The number of fused-ring (bicyclic) bond motifs is 2. The molecule has 1 N–H and O–H groups in total. The minimum absolute atomic E-state index is 0.0443. The zero-order valence-electron chi connectivity index (χ0n) is 17.9. The van der Waals surface area contributed by atoms with Crippen LogP contribution in [0, 0.1) is 0 Å². The minimum Gasteiger partial charge on any atom is -0.298 e. The maximum Gasteiger partial charge on any atom is 0.294 e. The van der Waals surface area contributed by atoms with Crippen molar-refractivity contribution in [2.24, 2.45) is 0 Å². The largest absolute Gasteiger partial charge is 0.298 e. The molecule has 1 fully saturated rings. The van der Waals surface area contributed by atoms with E-state index in [4.69, 9.17) is 4.98 Å². The maximum atomic E-state index is 11.7. The first-order chi connectivity index (χ1) is 15.5. The summed E-state index contributed by atoms with van der Waals surface area (Å²) in [6.45, 7) is 2.91. The lowest BCUT2D eigenvalue weighted by Gasteiger charge is -2.30. The average Bonchev–Trinajstić information content (AvgIpc) is 2.96. The van der Waals surface area contributed by atoms with Crippen molar-refractivity contribution in [3.8, 4) is 0 Å². The van der Waals surface area contributed by atoms with Crippen molar-refractivity contribution in [3.05, 3.63) is 100 Å². The standard InChI is InChI=1S/C26H26N2O3S/c29-32(30,31)23-10-11-24-22(17-23)9-8-21-7-4-14-27-26(21)25(24)20-12-15-28(16-13-20)18-19-5-2-1-3-6-19/h1-7,10-11,14,17H,8-9,12-13,15-16,18H2,(H,29,30,31). The van der Waals surface area contributed by atoms with Gasteiger partial charge < -0.3 is 0 Å². The fourth-order valence-electron chi connectivity index (χ4n) is 4.87. The van der Waals surface area contributed by atoms with Crippen LogP contribution < -0.4 is 0 Å². The quantitative estimate of drug-likeness (QED) is 0.599. The van der Waals surface area contributed by atoms with E-state index in [1.165, 1.54) is 22.8 Å². The highest BCUT2D eigenvalue weighted by molar-refractivity contribution is 7.85. The van der Waals surface area contributed by atoms with E-state index in [0.29, 0.717) is 6.42 Å². The molecule has 1 aliphatic carbocycles. The number of nitrogens with zero attached hydrogens (tertiary/aromatic N) is 2. The van der Waals surface area contributed by atoms with E-state index >= 15 is 0 Å². The van der Waals surface area contributed by atoms with Crippen LogP contribution in [-0.4, -0.2) is 35.9 Å². The van der Waals surface area contributed by atoms with Crippen LogP contribution in [0.3, 0.4) is 0 Å². The smallest absolute Gasteiger partial charge is 0.294 e. The molecule has 0 radical (unpaired) electrons. The van der Waals surface area contributed by atoms with Gasteiger partial charge in [0.1, 0.15) is 0 Å². The molecule has 0 unspecified atom stereocenters. The van der Waals surface area contributed by atoms with Gasteiger partial charge in [0.25, 0.3) is 10.1 Å². The number of piperidine rings is 1. The number of hydrogen-bond acceptors (Lipinski definition) is 4. The van der Waals surface area contributed by atoms with E-state index in [1.54, 1.807) is 6.07 Å². The van der Waals surface area contributed by atoms with Crippen molar-refractivity contribution in [1.82, 2.24) is 9.88 Å². The maximum absolute atomic E-state index is 11.7. The van der Waals surface area contributed by atoms with Crippen LogP contribution in [0.25, 0.3) is 5.57 Å². The second-order valence-electron chi connectivity index (χ2n) is 8.55. The van der Waals surface area contributed by atoms with Crippen molar-refractivity contribution < 1.29 is 13.0 Å². The molecule has 5 rings (SSSR count). The Morgan fingerprint density at radius 1 is 0.875 bits per heavy atom. The molecular formula is C26H26N2O3S. The molecule has 2 aliphatic rings. The van der Waals surface area contributed by atoms with Crippen molar-refractivity contribution in [2.45, 2.75) is 37.1 Å². The second-order valence-corrected chi connectivity index (χ2v) is 9.97. The van der Waals surface area contributed by atoms with Crippen molar-refractivity contribution in [2.75, 3.05) is 13.1 Å². The predicted octanol–water partition coefficient (Wildman–Crippen LogP) is 4.52. The molecule has 0 amide bonds. The van der Waals surface area contributed by atoms with Crippen LogP contribution in [0.15, 0.2) is 77.3 Å². The summed E-state index contributed by atoms with van der Waals surface area (Å²) in [5.74, 6) is 0. The molecule has 0 spiro atoms. The zero-order valence-corrected chi connectivity index (χ0v) is 18.7. The third-order valence-corrected chi connectivity index (χ3v) is 7.35. The SMILES string of the molecule is O=S(=O)(O)c1ccc2c(c1)CCc1cccnc1C2=C1CCN(Cc2ccccc2)CC1. The number of rotatable bonds is 3. The highest BCUT2D eigenvalue weighted by Gasteiger charge is 2.26. The Kier molecular flexibility index (Phi) is 5.67. The Morgan fingerprint density at radius 2 is 1.62 bits per heavy atom. The van der Waals surface area contributed by atoms with Gasteiger partial charge in [0.2, 0.25) is 0 Å². The first kappa shape index (κ1) is 21.1. The fourth-order valence-corrected chi connectivity index (χ4v) is 5.41. The predicted molar refractivity (Wildman–Crippen MR) is 125 cm³/mol. The number of benzene rings is 2. The molecule has 0 atom stereocenters. The summed E-state index contributed by atoms with van der Waals surface area (Å²) >= 11 is 0. The second kappa shape index (κ2) is 8.62. The van der Waals surface area contributed by atoms with Crippen LogP contribution in [0.5, 0.6) is 0 Å². The highest BCUT2D eigenvalue weighted by atomic mass is 32.2. The summed E-state index contributed by atoms with van der Waals surface area (Å²) < 4.78 is 33.0. The van der Waals surface area contributed by atoms with E-state index in [0.717, 1.165) is 61.3 Å². The van der Waals surface area contributed by atoms with Crippen LogP contribution in [-0.2, 0) is 29.5 Å². The number of pyridine rings is 1. The lowest BCUT2D eigenvalue weighted by Crippen LogP contribution is -2.30. The average molecular weight is 447 g/mol. The molecule has 32 heavy (non-hydrogen) atoms. The van der Waals surface area contributed by atoms with Crippen LogP contribution in [0.2, 0.25) is 0 Å². The summed E-state index contributed by atoms with van der Waals surface area (Å²) in [7, 11) is -4.23. The molecular weight excluding hydrogens is 420 g/mol. The lowest BCUT2D eigenvalue weighted by atomic mass is 9.88. The number of hydrogen-bond donors (Lipinski definition) is 1. The van der Waals surface area contributed by atoms with Crippen LogP contribution >= 0.6 is 0 Å². The van der Waals surface area contributed by atoms with Gasteiger partial charge in [-0.15, -0.1) is 0 Å². The van der Waals surface area contributed by atoms with Gasteiger partial charge in [0, 0.05) is 31.4 Å². The van der Waals surface area contributed by atoms with Gasteiger partial charge in [-0.25, -0.2) is 0 Å². The number of aryl methyl sites for hydroxylation is 2. The number of likely N-dealkylation sites (tertiary alicyclic amines) is 1. The van der Waals surface area contributed by atoms with Gasteiger partial charge in [-0.05, 0) is 66.1 Å². The van der Waals surface area contributed by atoms with Gasteiger partial charge in [-0.1, -0.05) is 48.0 Å². The van der Waals surface area contributed by atoms with Crippen molar-refractivity contribution in [3.63, 3.8) is 0 Å². The third kappa shape index (κ3) is 4.26. The van der Waals surface area contributed by atoms with Crippen molar-refractivity contribution in [1.29, 1.82) is 0 Å². The Morgan fingerprint density at radius 3 is 2.38 bits per heavy atom. The first-order valence-electron chi connectivity index (χ1n) is 11.0. The highest BCUT2D eigenvalue weighted by Crippen LogP contribution is 2.38. The van der Waals surface area contributed by atoms with E-state index < -0.39 is 10.1 Å². The fraction of sp³-hybridized carbons (Fsp3) is 0.269. The Labute approximate surface area is 189 Å². The Balaban J connectivity index is 1.52. The Hall–Kier alpha value is -2.80. The minimum atomic E-state index is -4.23. The molecule has 1 aliphatic heterocycles. The molecule has 5 nitrogen and oxygen atoms in total. The van der Waals surface area contributed by atoms with Gasteiger partial charge in [-0.3, -0.25) is 14.4 Å². The molecule has 6 heteroatoms. The van der Waals surface area contributed by atoms with Gasteiger partial charge in [0.05, 0.1) is 10.6 Å². The lowest BCUT2D eigenvalue weighted by molar-refractivity contribution is 0.248. The molecule has 2 aromatic carbocycles. The monoisotopic (exact) mass is 446 g/mol. The summed E-state index contributed by atoms with van der Waals surface area (Å²) in [6.07, 6.45) is 5.26. The third-order valence-electron chi connectivity index (χ3n) is 6.50. The van der Waals surface area contributed by atoms with Gasteiger partial charge in [0.15, 0.2) is 0 Å². The van der Waals surface area contributed by atoms with E-state index in [9.17, 15) is 13.0 Å². The van der Waals surface area contributed by atoms with E-state index in [-0.39, 0.29) is 4.90 Å². The normalized spacial score (nSPS) is 16.9. The first-order valence-corrected chi connectivity index (χ1v) is 12.5. The number of aromatic nitrogens is 1. The van der Waals surface area contributed by atoms with Crippen LogP contribution in [0.4, 0.5) is 0 Å². The van der Waals surface area contributed by atoms with Crippen molar-refractivity contribution >= 4 is 15.7 Å². The summed E-state index contributed by atoms with van der Waals surface area (Å²) in [4.78, 5) is 7.19. The molecule has 1 aromatic heterocycles.